The molecule has 1 amide bonds. The van der Waals surface area contributed by atoms with Crippen LogP contribution in [0.25, 0.3) is 5.13 Å². The molecule has 1 N–H and O–H groups in total. The number of nitrogens with zero attached hydrogens (tertiary/aromatic N) is 3. The van der Waals surface area contributed by atoms with Crippen LogP contribution in [0.2, 0.25) is 0 Å². The van der Waals surface area contributed by atoms with E-state index in [1.807, 2.05) is 41.2 Å². The lowest BCUT2D eigenvalue weighted by Gasteiger charge is -2.02. The SMILES string of the molecule is O=C(NCc1ccncc1)c1csc(-n2cccc2)n1. The maximum Gasteiger partial charge on any atom is 0.271 e. The average molecular weight is 284 g/mol. The standard InChI is InChI=1S/C14H12N4OS/c19-13(16-9-11-3-5-15-6-4-11)12-10-20-14(17-12)18-7-1-2-8-18/h1-8,10H,9H2,(H,16,19). The zero-order valence-corrected chi connectivity index (χ0v) is 11.4. The molecule has 0 aliphatic carbocycles. The number of aromatic nitrogens is 3. The third kappa shape index (κ3) is 2.75. The van der Waals surface area contributed by atoms with Crippen LogP contribution in [-0.2, 0) is 6.54 Å². The number of thiazole rings is 1. The highest BCUT2D eigenvalue weighted by molar-refractivity contribution is 7.12. The van der Waals surface area contributed by atoms with Gasteiger partial charge in [0.05, 0.1) is 0 Å². The quantitative estimate of drug-likeness (QED) is 0.799. The summed E-state index contributed by atoms with van der Waals surface area (Å²) in [6.07, 6.45) is 7.21. The van der Waals surface area contributed by atoms with Gasteiger partial charge in [-0.2, -0.15) is 0 Å². The van der Waals surface area contributed by atoms with Gasteiger partial charge in [0.25, 0.3) is 5.91 Å². The summed E-state index contributed by atoms with van der Waals surface area (Å²) in [5, 5.41) is 5.38. The molecule has 0 saturated heterocycles. The number of hydrogen-bond donors (Lipinski definition) is 1. The number of carbonyl (C=O) groups excluding carboxylic acids is 1. The van der Waals surface area contributed by atoms with Crippen molar-refractivity contribution in [2.24, 2.45) is 0 Å². The summed E-state index contributed by atoms with van der Waals surface area (Å²) in [6, 6.07) is 7.58. The van der Waals surface area contributed by atoms with Crippen LogP contribution in [0.1, 0.15) is 16.1 Å². The molecular weight excluding hydrogens is 272 g/mol. The maximum absolute atomic E-state index is 12.0. The lowest BCUT2D eigenvalue weighted by Crippen LogP contribution is -2.23. The van der Waals surface area contributed by atoms with Crippen LogP contribution in [0.3, 0.4) is 0 Å². The molecule has 5 nitrogen and oxygen atoms in total. The van der Waals surface area contributed by atoms with E-state index < -0.39 is 0 Å². The molecule has 6 heteroatoms. The lowest BCUT2D eigenvalue weighted by atomic mass is 10.2. The predicted octanol–water partition coefficient (Wildman–Crippen LogP) is 2.26. The molecular formula is C14H12N4OS. The third-order valence-corrected chi connectivity index (χ3v) is 3.61. The van der Waals surface area contributed by atoms with E-state index in [1.54, 1.807) is 17.8 Å². The topological polar surface area (TPSA) is 59.8 Å². The van der Waals surface area contributed by atoms with Gasteiger partial charge in [-0.15, -0.1) is 11.3 Å². The largest absolute Gasteiger partial charge is 0.347 e. The van der Waals surface area contributed by atoms with Crippen LogP contribution in [0.5, 0.6) is 0 Å². The van der Waals surface area contributed by atoms with Crippen LogP contribution >= 0.6 is 11.3 Å². The molecule has 0 spiro atoms. The molecule has 3 rings (SSSR count). The maximum atomic E-state index is 12.0. The molecule has 3 aromatic rings. The van der Waals surface area contributed by atoms with Crippen molar-refractivity contribution in [3.63, 3.8) is 0 Å². The smallest absolute Gasteiger partial charge is 0.271 e. The van der Waals surface area contributed by atoms with Gasteiger partial charge in [-0.3, -0.25) is 9.78 Å². The Hall–Kier alpha value is -2.47. The fourth-order valence-electron chi connectivity index (χ4n) is 1.72. The van der Waals surface area contributed by atoms with E-state index in [1.165, 1.54) is 11.3 Å². The predicted molar refractivity (Wildman–Crippen MR) is 76.8 cm³/mol. The van der Waals surface area contributed by atoms with Gasteiger partial charge in [0.15, 0.2) is 5.13 Å². The normalized spacial score (nSPS) is 10.4. The number of rotatable bonds is 4. The third-order valence-electron chi connectivity index (χ3n) is 2.75. The Morgan fingerprint density at radius 3 is 2.75 bits per heavy atom. The summed E-state index contributed by atoms with van der Waals surface area (Å²) in [6.45, 7) is 0.470. The van der Waals surface area contributed by atoms with E-state index in [2.05, 4.69) is 15.3 Å². The van der Waals surface area contributed by atoms with E-state index in [-0.39, 0.29) is 5.91 Å². The molecule has 3 heterocycles. The van der Waals surface area contributed by atoms with E-state index >= 15 is 0 Å². The van der Waals surface area contributed by atoms with Gasteiger partial charge in [-0.1, -0.05) is 0 Å². The summed E-state index contributed by atoms with van der Waals surface area (Å²) < 4.78 is 1.88. The Balaban J connectivity index is 1.66. The number of amides is 1. The molecule has 20 heavy (non-hydrogen) atoms. The van der Waals surface area contributed by atoms with Crippen LogP contribution in [0.15, 0.2) is 54.4 Å². The molecule has 0 saturated carbocycles. The summed E-state index contributed by atoms with van der Waals surface area (Å²) in [5.74, 6) is -0.170. The second kappa shape index (κ2) is 5.66. The monoisotopic (exact) mass is 284 g/mol. The average Bonchev–Trinajstić information content (AvgIpc) is 3.16. The fraction of sp³-hybridized carbons (Fsp3) is 0.0714. The van der Waals surface area contributed by atoms with E-state index in [0.717, 1.165) is 10.7 Å². The molecule has 0 aliphatic rings. The molecule has 0 unspecified atom stereocenters. The molecule has 0 bridgehead atoms. The first-order chi connectivity index (χ1) is 9.83. The van der Waals surface area contributed by atoms with Crippen LogP contribution in [-0.4, -0.2) is 20.4 Å². The zero-order valence-electron chi connectivity index (χ0n) is 10.6. The molecule has 0 radical (unpaired) electrons. The highest BCUT2D eigenvalue weighted by atomic mass is 32.1. The van der Waals surface area contributed by atoms with Gasteiger partial charge >= 0.3 is 0 Å². The summed E-state index contributed by atoms with van der Waals surface area (Å²) in [4.78, 5) is 20.3. The van der Waals surface area contributed by atoms with Crippen molar-refractivity contribution in [2.45, 2.75) is 6.54 Å². The van der Waals surface area contributed by atoms with Gasteiger partial charge in [-0.05, 0) is 29.8 Å². The lowest BCUT2D eigenvalue weighted by molar-refractivity contribution is 0.0946. The summed E-state index contributed by atoms with van der Waals surface area (Å²) in [5.41, 5.74) is 1.45. The van der Waals surface area contributed by atoms with E-state index in [9.17, 15) is 4.79 Å². The molecule has 0 fully saturated rings. The molecule has 0 aliphatic heterocycles. The minimum Gasteiger partial charge on any atom is -0.347 e. The van der Waals surface area contributed by atoms with Crippen molar-refractivity contribution in [1.82, 2.24) is 19.9 Å². The van der Waals surface area contributed by atoms with Crippen molar-refractivity contribution in [3.8, 4) is 5.13 Å². The Labute approximate surface area is 119 Å². The first-order valence-corrected chi connectivity index (χ1v) is 6.97. The minimum absolute atomic E-state index is 0.170. The molecule has 100 valence electrons. The second-order valence-corrected chi connectivity index (χ2v) is 4.98. The van der Waals surface area contributed by atoms with Crippen LogP contribution in [0.4, 0.5) is 0 Å². The van der Waals surface area contributed by atoms with Gasteiger partial charge in [0, 0.05) is 36.7 Å². The van der Waals surface area contributed by atoms with Gasteiger partial charge in [0.2, 0.25) is 0 Å². The van der Waals surface area contributed by atoms with Crippen LogP contribution < -0.4 is 5.32 Å². The number of carbonyl (C=O) groups is 1. The van der Waals surface area contributed by atoms with Gasteiger partial charge in [0.1, 0.15) is 5.69 Å². The highest BCUT2D eigenvalue weighted by Gasteiger charge is 2.10. The number of hydrogen-bond acceptors (Lipinski definition) is 4. The van der Waals surface area contributed by atoms with Crippen molar-refractivity contribution in [3.05, 3.63) is 65.7 Å². The van der Waals surface area contributed by atoms with Crippen molar-refractivity contribution in [2.75, 3.05) is 0 Å². The number of nitrogens with one attached hydrogen (secondary N) is 1. The fourth-order valence-corrected chi connectivity index (χ4v) is 2.49. The minimum atomic E-state index is -0.170. The van der Waals surface area contributed by atoms with Crippen LogP contribution in [0, 0.1) is 0 Å². The summed E-state index contributed by atoms with van der Waals surface area (Å²) >= 11 is 1.44. The van der Waals surface area contributed by atoms with Crippen molar-refractivity contribution < 1.29 is 4.79 Å². The van der Waals surface area contributed by atoms with E-state index in [4.69, 9.17) is 0 Å². The van der Waals surface area contributed by atoms with Crippen molar-refractivity contribution in [1.29, 1.82) is 0 Å². The Morgan fingerprint density at radius 1 is 1.25 bits per heavy atom. The zero-order chi connectivity index (χ0) is 13.8. The van der Waals surface area contributed by atoms with Crippen molar-refractivity contribution >= 4 is 17.2 Å². The Kier molecular flexibility index (Phi) is 3.56. The second-order valence-electron chi connectivity index (χ2n) is 4.14. The first kappa shape index (κ1) is 12.6. The molecule has 0 aromatic carbocycles. The Morgan fingerprint density at radius 2 is 2.00 bits per heavy atom. The molecule has 3 aromatic heterocycles. The van der Waals surface area contributed by atoms with Gasteiger partial charge < -0.3 is 9.88 Å². The van der Waals surface area contributed by atoms with E-state index in [0.29, 0.717) is 12.2 Å². The first-order valence-electron chi connectivity index (χ1n) is 6.09. The van der Waals surface area contributed by atoms with Gasteiger partial charge in [-0.25, -0.2) is 4.98 Å². The highest BCUT2D eigenvalue weighted by Crippen LogP contribution is 2.14. The molecule has 0 atom stereocenters. The Bertz CT molecular complexity index is 691. The summed E-state index contributed by atoms with van der Waals surface area (Å²) in [7, 11) is 0. The number of pyridine rings is 1.